The first-order valence-corrected chi connectivity index (χ1v) is 6.30. The Morgan fingerprint density at radius 3 is 2.53 bits per heavy atom. The first kappa shape index (κ1) is 12.7. The molecule has 0 amide bonds. The summed E-state index contributed by atoms with van der Waals surface area (Å²) in [4.78, 5) is 2.54. The van der Waals surface area contributed by atoms with Crippen LogP contribution in [0.15, 0.2) is 0 Å². The molecular formula is C13H26N2. The van der Waals surface area contributed by atoms with E-state index in [1.165, 1.54) is 25.7 Å². The molecule has 1 saturated carbocycles. The van der Waals surface area contributed by atoms with Crippen LogP contribution in [-0.2, 0) is 0 Å². The summed E-state index contributed by atoms with van der Waals surface area (Å²) in [6.45, 7) is 6.49. The third-order valence-electron chi connectivity index (χ3n) is 4.00. The van der Waals surface area contributed by atoms with Crippen LogP contribution in [0.25, 0.3) is 0 Å². The van der Waals surface area contributed by atoms with Gasteiger partial charge in [0.25, 0.3) is 0 Å². The highest BCUT2D eigenvalue weighted by atomic mass is 15.2. The number of nitrogens with one attached hydrogen (secondary N) is 1. The van der Waals surface area contributed by atoms with Gasteiger partial charge in [0.1, 0.15) is 0 Å². The number of hydrogen-bond acceptors (Lipinski definition) is 2. The van der Waals surface area contributed by atoms with Crippen LogP contribution in [-0.4, -0.2) is 29.7 Å². The van der Waals surface area contributed by atoms with Crippen molar-refractivity contribution in [1.29, 1.82) is 5.41 Å². The second kappa shape index (κ2) is 5.64. The third kappa shape index (κ3) is 3.60. The van der Waals surface area contributed by atoms with Gasteiger partial charge in [-0.3, -0.25) is 0 Å². The lowest BCUT2D eigenvalue weighted by Gasteiger charge is -2.44. The van der Waals surface area contributed by atoms with E-state index in [0.29, 0.717) is 0 Å². The zero-order chi connectivity index (χ0) is 11.4. The van der Waals surface area contributed by atoms with E-state index in [2.05, 4.69) is 25.8 Å². The van der Waals surface area contributed by atoms with Gasteiger partial charge in [0.15, 0.2) is 0 Å². The molecule has 2 nitrogen and oxygen atoms in total. The minimum atomic E-state index is 0.723. The second-order valence-electron chi connectivity index (χ2n) is 5.23. The molecule has 0 spiro atoms. The topological polar surface area (TPSA) is 27.1 Å². The Balaban J connectivity index is 2.16. The predicted molar refractivity (Wildman–Crippen MR) is 66.7 cm³/mol. The molecule has 0 radical (unpaired) electrons. The maximum Gasteiger partial charge on any atom is 0.0100 e. The standard InChI is InChI=1S/C13H26N2/c1-5-11(3)15(4)13-8-12(9-13)7-6-10(2)14/h11-14H,5-9H2,1-4H3. The predicted octanol–water partition coefficient (Wildman–Crippen LogP) is 3.32. The summed E-state index contributed by atoms with van der Waals surface area (Å²) in [6.07, 6.45) is 6.20. The summed E-state index contributed by atoms with van der Waals surface area (Å²) in [5.74, 6) is 0.891. The van der Waals surface area contributed by atoms with E-state index in [1.54, 1.807) is 0 Å². The number of rotatable bonds is 6. The molecule has 0 heterocycles. The average Bonchev–Trinajstić information content (AvgIpc) is 2.13. The van der Waals surface area contributed by atoms with E-state index in [4.69, 9.17) is 5.41 Å². The molecule has 1 unspecified atom stereocenters. The monoisotopic (exact) mass is 210 g/mol. The molecule has 1 fully saturated rings. The Morgan fingerprint density at radius 2 is 2.07 bits per heavy atom. The van der Waals surface area contributed by atoms with Crippen molar-refractivity contribution in [3.8, 4) is 0 Å². The summed E-state index contributed by atoms with van der Waals surface area (Å²) in [5.41, 5.74) is 0.841. The Bertz CT molecular complexity index is 207. The molecule has 0 bridgehead atoms. The molecule has 1 atom stereocenters. The lowest BCUT2D eigenvalue weighted by atomic mass is 9.76. The maximum atomic E-state index is 7.41. The van der Waals surface area contributed by atoms with Gasteiger partial charge in [0.05, 0.1) is 0 Å². The molecule has 1 N–H and O–H groups in total. The molecule has 88 valence electrons. The zero-order valence-corrected chi connectivity index (χ0v) is 10.7. The van der Waals surface area contributed by atoms with E-state index in [9.17, 15) is 0 Å². The lowest BCUT2D eigenvalue weighted by Crippen LogP contribution is -2.46. The molecule has 0 aromatic rings. The Morgan fingerprint density at radius 1 is 1.47 bits per heavy atom. The highest BCUT2D eigenvalue weighted by molar-refractivity contribution is 5.78. The fourth-order valence-corrected chi connectivity index (χ4v) is 2.34. The first-order chi connectivity index (χ1) is 7.04. The molecule has 0 aliphatic heterocycles. The fourth-order valence-electron chi connectivity index (χ4n) is 2.34. The molecule has 2 heteroatoms. The van der Waals surface area contributed by atoms with Gasteiger partial charge in [-0.05, 0) is 58.9 Å². The van der Waals surface area contributed by atoms with Gasteiger partial charge in [-0.2, -0.15) is 0 Å². The normalized spacial score (nSPS) is 27.5. The van der Waals surface area contributed by atoms with E-state index < -0.39 is 0 Å². The minimum Gasteiger partial charge on any atom is -0.310 e. The van der Waals surface area contributed by atoms with Crippen LogP contribution in [0.3, 0.4) is 0 Å². The summed E-state index contributed by atoms with van der Waals surface area (Å²) < 4.78 is 0. The lowest BCUT2D eigenvalue weighted by molar-refractivity contribution is 0.0669. The largest absolute Gasteiger partial charge is 0.310 e. The first-order valence-electron chi connectivity index (χ1n) is 6.30. The van der Waals surface area contributed by atoms with Crippen molar-refractivity contribution in [1.82, 2.24) is 4.90 Å². The average molecular weight is 210 g/mol. The van der Waals surface area contributed by atoms with Gasteiger partial charge < -0.3 is 10.3 Å². The minimum absolute atomic E-state index is 0.723. The van der Waals surface area contributed by atoms with Crippen molar-refractivity contribution in [2.24, 2.45) is 5.92 Å². The molecular weight excluding hydrogens is 184 g/mol. The molecule has 1 aliphatic rings. The van der Waals surface area contributed by atoms with Gasteiger partial charge in [-0.1, -0.05) is 6.92 Å². The van der Waals surface area contributed by atoms with E-state index in [-0.39, 0.29) is 0 Å². The molecule has 0 saturated heterocycles. The van der Waals surface area contributed by atoms with Crippen LogP contribution in [0.4, 0.5) is 0 Å². The van der Waals surface area contributed by atoms with Gasteiger partial charge in [0.2, 0.25) is 0 Å². The summed E-state index contributed by atoms with van der Waals surface area (Å²) >= 11 is 0. The van der Waals surface area contributed by atoms with Crippen LogP contribution in [0.2, 0.25) is 0 Å². The van der Waals surface area contributed by atoms with Gasteiger partial charge in [-0.15, -0.1) is 0 Å². The maximum absolute atomic E-state index is 7.41. The van der Waals surface area contributed by atoms with Gasteiger partial charge in [-0.25, -0.2) is 0 Å². The summed E-state index contributed by atoms with van der Waals surface area (Å²) in [5, 5.41) is 7.41. The molecule has 0 aromatic carbocycles. The SMILES string of the molecule is CCC(C)N(C)C1CC(CCC(C)=N)C1. The van der Waals surface area contributed by atoms with Gasteiger partial charge >= 0.3 is 0 Å². The summed E-state index contributed by atoms with van der Waals surface area (Å²) in [7, 11) is 2.26. The van der Waals surface area contributed by atoms with Gasteiger partial charge in [0, 0.05) is 17.8 Å². The van der Waals surface area contributed by atoms with Crippen molar-refractivity contribution < 1.29 is 0 Å². The van der Waals surface area contributed by atoms with Crippen molar-refractivity contribution in [3.05, 3.63) is 0 Å². The van der Waals surface area contributed by atoms with Crippen molar-refractivity contribution in [2.75, 3.05) is 7.05 Å². The smallest absolute Gasteiger partial charge is 0.0100 e. The summed E-state index contributed by atoms with van der Waals surface area (Å²) in [6, 6.07) is 1.54. The van der Waals surface area contributed by atoms with Crippen molar-refractivity contribution in [2.45, 2.75) is 65.0 Å². The number of nitrogens with zero attached hydrogens (tertiary/aromatic N) is 1. The highest BCUT2D eigenvalue weighted by Gasteiger charge is 2.32. The Labute approximate surface area is 94.6 Å². The fraction of sp³-hybridized carbons (Fsp3) is 0.923. The molecule has 1 rings (SSSR count). The number of hydrogen-bond donors (Lipinski definition) is 1. The van der Waals surface area contributed by atoms with E-state index in [0.717, 1.165) is 30.1 Å². The van der Waals surface area contributed by atoms with Crippen LogP contribution >= 0.6 is 0 Å². The van der Waals surface area contributed by atoms with E-state index in [1.807, 2.05) is 6.92 Å². The highest BCUT2D eigenvalue weighted by Crippen LogP contribution is 2.35. The van der Waals surface area contributed by atoms with Crippen LogP contribution in [0.5, 0.6) is 0 Å². The Hall–Kier alpha value is -0.370. The molecule has 0 aromatic heterocycles. The van der Waals surface area contributed by atoms with Crippen LogP contribution in [0, 0.1) is 11.3 Å². The Kier molecular flexibility index (Phi) is 4.78. The molecule has 15 heavy (non-hydrogen) atoms. The molecule has 1 aliphatic carbocycles. The van der Waals surface area contributed by atoms with Crippen molar-refractivity contribution >= 4 is 5.71 Å². The van der Waals surface area contributed by atoms with E-state index >= 15 is 0 Å². The van der Waals surface area contributed by atoms with Crippen LogP contribution in [0.1, 0.15) is 52.9 Å². The van der Waals surface area contributed by atoms with Crippen LogP contribution < -0.4 is 0 Å². The second-order valence-corrected chi connectivity index (χ2v) is 5.23. The quantitative estimate of drug-likeness (QED) is 0.669. The zero-order valence-electron chi connectivity index (χ0n) is 10.7. The third-order valence-corrected chi connectivity index (χ3v) is 4.00. The van der Waals surface area contributed by atoms with Crippen molar-refractivity contribution in [3.63, 3.8) is 0 Å².